The molecule has 0 radical (unpaired) electrons. The van der Waals surface area contributed by atoms with Crippen LogP contribution < -0.4 is 15.0 Å². The zero-order valence-electron chi connectivity index (χ0n) is 17.5. The van der Waals surface area contributed by atoms with E-state index in [1.165, 1.54) is 24.3 Å². The van der Waals surface area contributed by atoms with Crippen LogP contribution >= 0.6 is 11.9 Å². The van der Waals surface area contributed by atoms with Gasteiger partial charge in [0.15, 0.2) is 0 Å². The van der Waals surface area contributed by atoms with Crippen LogP contribution in [0.25, 0.3) is 0 Å². The number of carbonyl (C=O) groups excluding carboxylic acids is 1. The van der Waals surface area contributed by atoms with Crippen LogP contribution in [0.5, 0.6) is 11.5 Å². The van der Waals surface area contributed by atoms with E-state index in [4.69, 9.17) is 9.94 Å². The summed E-state index contributed by atoms with van der Waals surface area (Å²) in [6.45, 7) is 3.40. The molecule has 1 unspecified atom stereocenters. The van der Waals surface area contributed by atoms with Gasteiger partial charge in [0.25, 0.3) is 5.91 Å². The molecule has 1 amide bonds. The minimum absolute atomic E-state index is 0.0416. The predicted molar refractivity (Wildman–Crippen MR) is 114 cm³/mol. The quantitative estimate of drug-likeness (QED) is 0.317. The average Bonchev–Trinajstić information content (AvgIpc) is 2.77. The summed E-state index contributed by atoms with van der Waals surface area (Å²) in [7, 11) is 0. The Balaban J connectivity index is 1.54. The highest BCUT2D eigenvalue weighted by molar-refractivity contribution is 7.97. The molecule has 1 aliphatic rings. The maximum absolute atomic E-state index is 12.3. The third-order valence-electron chi connectivity index (χ3n) is 5.12. The van der Waals surface area contributed by atoms with Crippen molar-refractivity contribution in [1.82, 2.24) is 9.79 Å². The minimum atomic E-state index is -4.72. The van der Waals surface area contributed by atoms with Crippen LogP contribution in [0.1, 0.15) is 37.7 Å². The van der Waals surface area contributed by atoms with Crippen LogP contribution in [0.15, 0.2) is 53.4 Å². The van der Waals surface area contributed by atoms with Crippen molar-refractivity contribution in [3.05, 3.63) is 54.1 Å². The van der Waals surface area contributed by atoms with Crippen molar-refractivity contribution in [2.45, 2.75) is 49.5 Å². The molecule has 6 nitrogen and oxygen atoms in total. The standard InChI is InChI=1S/C22H25F3N2O4S/c1-2-18(21(28)26-29)19-5-3-4-6-20(19)32-27-13-11-16(12-14-27)30-15-7-9-17(10-8-15)31-22(23,24)25/h3-10,16,18,29H,2,11-14H2,1H3,(H,26,28). The van der Waals surface area contributed by atoms with Crippen LogP contribution in [0.4, 0.5) is 13.2 Å². The molecule has 1 saturated heterocycles. The van der Waals surface area contributed by atoms with Gasteiger partial charge in [-0.1, -0.05) is 25.1 Å². The molecule has 2 aromatic rings. The van der Waals surface area contributed by atoms with Crippen molar-refractivity contribution in [2.75, 3.05) is 13.1 Å². The second-order valence-electron chi connectivity index (χ2n) is 7.33. The molecule has 0 saturated carbocycles. The highest BCUT2D eigenvalue weighted by Gasteiger charge is 2.31. The number of halogens is 3. The van der Waals surface area contributed by atoms with E-state index in [2.05, 4.69) is 9.04 Å². The number of amides is 1. The lowest BCUT2D eigenvalue weighted by Crippen LogP contribution is -2.34. The summed E-state index contributed by atoms with van der Waals surface area (Å²) in [5.74, 6) is -0.653. The van der Waals surface area contributed by atoms with Gasteiger partial charge in [-0.3, -0.25) is 10.0 Å². The summed E-state index contributed by atoms with van der Waals surface area (Å²) in [6, 6.07) is 13.0. The van der Waals surface area contributed by atoms with Gasteiger partial charge in [0.05, 0.1) is 5.92 Å². The Kier molecular flexibility index (Phi) is 8.27. The summed E-state index contributed by atoms with van der Waals surface area (Å²) < 4.78 is 48.8. The smallest absolute Gasteiger partial charge is 0.490 e. The fourth-order valence-corrected chi connectivity index (χ4v) is 4.70. The van der Waals surface area contributed by atoms with Gasteiger partial charge < -0.3 is 9.47 Å². The number of ether oxygens (including phenoxy) is 2. The number of hydroxylamine groups is 1. The molecule has 3 rings (SSSR count). The molecule has 1 aliphatic heterocycles. The Bertz CT molecular complexity index is 887. The Morgan fingerprint density at radius 3 is 2.38 bits per heavy atom. The SMILES string of the molecule is CCC(C(=O)NO)c1ccccc1SN1CCC(Oc2ccc(OC(F)(F)F)cc2)CC1. The molecule has 0 spiro atoms. The van der Waals surface area contributed by atoms with E-state index < -0.39 is 18.2 Å². The Hall–Kier alpha value is -2.43. The molecule has 1 heterocycles. The molecule has 10 heteroatoms. The lowest BCUT2D eigenvalue weighted by Gasteiger charge is -2.32. The number of piperidine rings is 1. The molecule has 2 N–H and O–H groups in total. The summed E-state index contributed by atoms with van der Waals surface area (Å²) in [5.41, 5.74) is 2.61. The number of alkyl halides is 3. The lowest BCUT2D eigenvalue weighted by molar-refractivity contribution is -0.274. The zero-order valence-corrected chi connectivity index (χ0v) is 18.3. The van der Waals surface area contributed by atoms with Crippen molar-refractivity contribution in [1.29, 1.82) is 0 Å². The second-order valence-corrected chi connectivity index (χ2v) is 8.47. The molecule has 0 aromatic heterocycles. The first kappa shape index (κ1) is 24.2. The van der Waals surface area contributed by atoms with Crippen molar-refractivity contribution >= 4 is 17.9 Å². The zero-order chi connectivity index (χ0) is 23.1. The van der Waals surface area contributed by atoms with Gasteiger partial charge in [-0.15, -0.1) is 13.2 Å². The van der Waals surface area contributed by atoms with E-state index in [0.717, 1.165) is 36.4 Å². The van der Waals surface area contributed by atoms with Gasteiger partial charge in [-0.05, 0) is 67.1 Å². The van der Waals surface area contributed by atoms with Gasteiger partial charge in [-0.2, -0.15) is 0 Å². The van der Waals surface area contributed by atoms with Crippen LogP contribution in [-0.2, 0) is 4.79 Å². The molecule has 1 atom stereocenters. The number of carbonyl (C=O) groups is 1. The minimum Gasteiger partial charge on any atom is -0.490 e. The average molecular weight is 471 g/mol. The van der Waals surface area contributed by atoms with Gasteiger partial charge >= 0.3 is 6.36 Å². The van der Waals surface area contributed by atoms with E-state index in [9.17, 15) is 18.0 Å². The Morgan fingerprint density at radius 1 is 1.16 bits per heavy atom. The molecule has 174 valence electrons. The van der Waals surface area contributed by atoms with Crippen molar-refractivity contribution < 1.29 is 32.6 Å². The third kappa shape index (κ3) is 6.78. The van der Waals surface area contributed by atoms with Crippen LogP contribution in [0.2, 0.25) is 0 Å². The fraction of sp³-hybridized carbons (Fsp3) is 0.409. The highest BCUT2D eigenvalue weighted by atomic mass is 32.2. The summed E-state index contributed by atoms with van der Waals surface area (Å²) in [5, 5.41) is 9.04. The van der Waals surface area contributed by atoms with Gasteiger partial charge in [0, 0.05) is 18.0 Å². The maximum atomic E-state index is 12.3. The number of nitrogens with one attached hydrogen (secondary N) is 1. The number of rotatable bonds is 8. The van der Waals surface area contributed by atoms with Gasteiger partial charge in [-0.25, -0.2) is 9.79 Å². The normalized spacial score (nSPS) is 16.4. The Morgan fingerprint density at radius 2 is 1.78 bits per heavy atom. The summed E-state index contributed by atoms with van der Waals surface area (Å²) in [6.07, 6.45) is -2.69. The molecular formula is C22H25F3N2O4S. The second kappa shape index (κ2) is 10.9. The molecule has 2 aromatic carbocycles. The van der Waals surface area contributed by atoms with E-state index in [1.807, 2.05) is 31.2 Å². The van der Waals surface area contributed by atoms with Crippen molar-refractivity contribution in [3.63, 3.8) is 0 Å². The van der Waals surface area contributed by atoms with E-state index >= 15 is 0 Å². The predicted octanol–water partition coefficient (Wildman–Crippen LogP) is 5.13. The first-order valence-electron chi connectivity index (χ1n) is 10.3. The lowest BCUT2D eigenvalue weighted by atomic mass is 9.96. The number of hydrogen-bond donors (Lipinski definition) is 2. The van der Waals surface area contributed by atoms with E-state index in [0.29, 0.717) is 12.2 Å². The molecule has 32 heavy (non-hydrogen) atoms. The molecule has 0 aliphatic carbocycles. The van der Waals surface area contributed by atoms with Crippen LogP contribution in [0, 0.1) is 0 Å². The molecule has 1 fully saturated rings. The summed E-state index contributed by atoms with van der Waals surface area (Å²) >= 11 is 1.57. The first-order valence-corrected chi connectivity index (χ1v) is 11.0. The van der Waals surface area contributed by atoms with E-state index in [1.54, 1.807) is 17.4 Å². The number of nitrogens with zero attached hydrogens (tertiary/aromatic N) is 1. The van der Waals surface area contributed by atoms with Crippen LogP contribution in [0.3, 0.4) is 0 Å². The summed E-state index contributed by atoms with van der Waals surface area (Å²) in [4.78, 5) is 13.0. The highest BCUT2D eigenvalue weighted by Crippen LogP contribution is 2.35. The van der Waals surface area contributed by atoms with Crippen molar-refractivity contribution in [3.8, 4) is 11.5 Å². The Labute approximate surface area is 188 Å². The topological polar surface area (TPSA) is 71.0 Å². The van der Waals surface area contributed by atoms with E-state index in [-0.39, 0.29) is 11.9 Å². The molecular weight excluding hydrogens is 445 g/mol. The van der Waals surface area contributed by atoms with Gasteiger partial charge in [0.2, 0.25) is 0 Å². The van der Waals surface area contributed by atoms with Crippen LogP contribution in [-0.4, -0.2) is 41.0 Å². The number of hydrogen-bond acceptors (Lipinski definition) is 6. The third-order valence-corrected chi connectivity index (χ3v) is 6.31. The van der Waals surface area contributed by atoms with Gasteiger partial charge in [0.1, 0.15) is 17.6 Å². The number of benzene rings is 2. The monoisotopic (exact) mass is 470 g/mol. The largest absolute Gasteiger partial charge is 0.573 e. The van der Waals surface area contributed by atoms with Crippen molar-refractivity contribution in [2.24, 2.45) is 0 Å². The molecule has 0 bridgehead atoms. The first-order chi connectivity index (χ1) is 15.3. The fourth-order valence-electron chi connectivity index (χ4n) is 3.57. The maximum Gasteiger partial charge on any atom is 0.573 e.